The molecule has 0 spiro atoms. The van der Waals surface area contributed by atoms with Crippen LogP contribution in [0.2, 0.25) is 0 Å². The van der Waals surface area contributed by atoms with Gasteiger partial charge in [-0.2, -0.15) is 0 Å². The maximum atomic E-state index is 12.5. The fraction of sp³-hybridized carbons (Fsp3) is 0.588. The van der Waals surface area contributed by atoms with E-state index in [4.69, 9.17) is 5.73 Å². The van der Waals surface area contributed by atoms with E-state index in [0.29, 0.717) is 17.0 Å². The SMILES string of the molecule is NC(=O)c1c(NC(=O)C2CCCCC2)sc2c1C(C(=O)O)CCC2. The lowest BCUT2D eigenvalue weighted by Gasteiger charge is -2.21. The molecule has 1 aromatic heterocycles. The lowest BCUT2D eigenvalue weighted by atomic mass is 9.85. The van der Waals surface area contributed by atoms with Crippen molar-refractivity contribution in [2.24, 2.45) is 11.7 Å². The van der Waals surface area contributed by atoms with Gasteiger partial charge in [0, 0.05) is 10.8 Å². The monoisotopic (exact) mass is 350 g/mol. The van der Waals surface area contributed by atoms with Crippen LogP contribution < -0.4 is 11.1 Å². The van der Waals surface area contributed by atoms with Crippen molar-refractivity contribution in [2.45, 2.75) is 57.3 Å². The summed E-state index contributed by atoms with van der Waals surface area (Å²) in [6.07, 6.45) is 6.95. The summed E-state index contributed by atoms with van der Waals surface area (Å²) in [6.45, 7) is 0. The van der Waals surface area contributed by atoms with Crippen molar-refractivity contribution in [3.8, 4) is 0 Å². The van der Waals surface area contributed by atoms with Crippen LogP contribution in [0.3, 0.4) is 0 Å². The van der Waals surface area contributed by atoms with E-state index in [2.05, 4.69) is 5.32 Å². The zero-order chi connectivity index (χ0) is 17.3. The molecule has 0 saturated heterocycles. The summed E-state index contributed by atoms with van der Waals surface area (Å²) < 4.78 is 0. The number of aryl methyl sites for hydroxylation is 1. The molecule has 0 aliphatic heterocycles. The molecular weight excluding hydrogens is 328 g/mol. The number of amides is 2. The number of aliphatic carboxylic acids is 1. The summed E-state index contributed by atoms with van der Waals surface area (Å²) in [4.78, 5) is 36.9. The molecule has 6 nitrogen and oxygen atoms in total. The first kappa shape index (κ1) is 17.0. The number of carboxylic acid groups (broad SMARTS) is 1. The van der Waals surface area contributed by atoms with Crippen LogP contribution in [0.25, 0.3) is 0 Å². The maximum Gasteiger partial charge on any atom is 0.311 e. The number of hydrogen-bond acceptors (Lipinski definition) is 4. The van der Waals surface area contributed by atoms with Crippen LogP contribution in [0, 0.1) is 5.92 Å². The maximum absolute atomic E-state index is 12.5. The van der Waals surface area contributed by atoms with E-state index in [-0.39, 0.29) is 17.4 Å². The third kappa shape index (κ3) is 3.17. The quantitative estimate of drug-likeness (QED) is 0.775. The molecule has 130 valence electrons. The third-order valence-electron chi connectivity index (χ3n) is 5.02. The van der Waals surface area contributed by atoms with Gasteiger partial charge in [-0.3, -0.25) is 14.4 Å². The van der Waals surface area contributed by atoms with Crippen LogP contribution in [-0.2, 0) is 16.0 Å². The molecule has 0 radical (unpaired) electrons. The van der Waals surface area contributed by atoms with Gasteiger partial charge in [0.05, 0.1) is 11.5 Å². The molecule has 1 saturated carbocycles. The van der Waals surface area contributed by atoms with Gasteiger partial charge < -0.3 is 16.2 Å². The summed E-state index contributed by atoms with van der Waals surface area (Å²) in [6, 6.07) is 0. The Balaban J connectivity index is 1.92. The first-order chi connectivity index (χ1) is 11.5. The normalized spacial score (nSPS) is 21.1. The number of carbonyl (C=O) groups is 3. The summed E-state index contributed by atoms with van der Waals surface area (Å²) in [5.74, 6) is -2.44. The highest BCUT2D eigenvalue weighted by Crippen LogP contribution is 2.43. The van der Waals surface area contributed by atoms with E-state index >= 15 is 0 Å². The molecule has 7 heteroatoms. The minimum Gasteiger partial charge on any atom is -0.481 e. The van der Waals surface area contributed by atoms with E-state index in [1.807, 2.05) is 0 Å². The average Bonchev–Trinajstić information content (AvgIpc) is 2.93. The number of fused-ring (bicyclic) bond motifs is 1. The second kappa shape index (κ2) is 6.93. The minimum atomic E-state index is -0.943. The van der Waals surface area contributed by atoms with Crippen LogP contribution in [0.5, 0.6) is 0 Å². The Kier molecular flexibility index (Phi) is 4.89. The fourth-order valence-corrected chi connectivity index (χ4v) is 5.13. The van der Waals surface area contributed by atoms with Crippen LogP contribution in [-0.4, -0.2) is 22.9 Å². The predicted molar refractivity (Wildman–Crippen MR) is 91.4 cm³/mol. The number of thiophene rings is 1. The average molecular weight is 350 g/mol. The van der Waals surface area contributed by atoms with Crippen molar-refractivity contribution in [3.63, 3.8) is 0 Å². The topological polar surface area (TPSA) is 109 Å². The van der Waals surface area contributed by atoms with Gasteiger partial charge in [0.2, 0.25) is 5.91 Å². The van der Waals surface area contributed by atoms with Gasteiger partial charge in [-0.1, -0.05) is 19.3 Å². The van der Waals surface area contributed by atoms with E-state index < -0.39 is 17.8 Å². The first-order valence-corrected chi connectivity index (χ1v) is 9.29. The number of anilines is 1. The van der Waals surface area contributed by atoms with Crippen LogP contribution in [0.1, 0.15) is 71.7 Å². The standard InChI is InChI=1S/C17H22N2O4S/c18-14(20)13-12-10(17(22)23)7-4-8-11(12)24-16(13)19-15(21)9-5-2-1-3-6-9/h9-10H,1-8H2,(H2,18,20)(H,19,21)(H,22,23). The first-order valence-electron chi connectivity index (χ1n) is 8.48. The second-order valence-corrected chi connectivity index (χ2v) is 7.72. The Hall–Kier alpha value is -1.89. The summed E-state index contributed by atoms with van der Waals surface area (Å²) >= 11 is 1.31. The molecule has 1 fully saturated rings. The van der Waals surface area contributed by atoms with E-state index in [1.165, 1.54) is 11.3 Å². The number of nitrogens with two attached hydrogens (primary N) is 1. The number of carboxylic acids is 1. The van der Waals surface area contributed by atoms with Gasteiger partial charge in [0.25, 0.3) is 5.91 Å². The van der Waals surface area contributed by atoms with Crippen LogP contribution in [0.4, 0.5) is 5.00 Å². The molecule has 2 aliphatic rings. The molecule has 24 heavy (non-hydrogen) atoms. The van der Waals surface area contributed by atoms with E-state index in [1.54, 1.807) is 0 Å². The van der Waals surface area contributed by atoms with Crippen molar-refractivity contribution in [2.75, 3.05) is 5.32 Å². The Labute approximate surface area is 144 Å². The predicted octanol–water partition coefficient (Wildman–Crippen LogP) is 2.87. The molecule has 2 aliphatic carbocycles. The van der Waals surface area contributed by atoms with Crippen molar-refractivity contribution in [3.05, 3.63) is 16.0 Å². The van der Waals surface area contributed by atoms with Gasteiger partial charge in [0.1, 0.15) is 5.00 Å². The van der Waals surface area contributed by atoms with Crippen molar-refractivity contribution >= 4 is 34.1 Å². The molecule has 1 heterocycles. The Morgan fingerprint density at radius 1 is 1.08 bits per heavy atom. The number of nitrogens with one attached hydrogen (secondary N) is 1. The van der Waals surface area contributed by atoms with Crippen molar-refractivity contribution in [1.82, 2.24) is 0 Å². The summed E-state index contributed by atoms with van der Waals surface area (Å²) in [7, 11) is 0. The van der Waals surface area contributed by atoms with E-state index in [9.17, 15) is 19.5 Å². The second-order valence-electron chi connectivity index (χ2n) is 6.61. The zero-order valence-corrected chi connectivity index (χ0v) is 14.3. The van der Waals surface area contributed by atoms with E-state index in [0.717, 1.165) is 49.8 Å². The zero-order valence-electron chi connectivity index (χ0n) is 13.5. The fourth-order valence-electron chi connectivity index (χ4n) is 3.81. The summed E-state index contributed by atoms with van der Waals surface area (Å²) in [5, 5.41) is 12.7. The molecule has 0 aromatic carbocycles. The molecule has 0 bridgehead atoms. The highest BCUT2D eigenvalue weighted by Gasteiger charge is 2.35. The Bertz CT molecular complexity index is 676. The third-order valence-corrected chi connectivity index (χ3v) is 6.21. The van der Waals surface area contributed by atoms with Crippen molar-refractivity contribution in [1.29, 1.82) is 0 Å². The lowest BCUT2D eigenvalue weighted by Crippen LogP contribution is -2.26. The molecule has 2 amide bonds. The summed E-state index contributed by atoms with van der Waals surface area (Å²) in [5.41, 5.74) is 6.24. The number of primary amides is 1. The van der Waals surface area contributed by atoms with Gasteiger partial charge in [-0.05, 0) is 37.7 Å². The van der Waals surface area contributed by atoms with Crippen LogP contribution in [0.15, 0.2) is 0 Å². The Morgan fingerprint density at radius 3 is 2.42 bits per heavy atom. The lowest BCUT2D eigenvalue weighted by molar-refractivity contribution is -0.139. The van der Waals surface area contributed by atoms with Gasteiger partial charge in [-0.25, -0.2) is 0 Å². The molecular formula is C17H22N2O4S. The van der Waals surface area contributed by atoms with Gasteiger partial charge in [0.15, 0.2) is 0 Å². The Morgan fingerprint density at radius 2 is 1.79 bits per heavy atom. The highest BCUT2D eigenvalue weighted by molar-refractivity contribution is 7.17. The smallest absolute Gasteiger partial charge is 0.311 e. The number of carbonyl (C=O) groups excluding carboxylic acids is 2. The highest BCUT2D eigenvalue weighted by atomic mass is 32.1. The molecule has 4 N–H and O–H groups in total. The molecule has 3 rings (SSSR count). The van der Waals surface area contributed by atoms with Gasteiger partial charge in [-0.15, -0.1) is 11.3 Å². The molecule has 1 atom stereocenters. The molecule has 1 aromatic rings. The van der Waals surface area contributed by atoms with Gasteiger partial charge >= 0.3 is 5.97 Å². The minimum absolute atomic E-state index is 0.0334. The largest absolute Gasteiger partial charge is 0.481 e. The molecule has 1 unspecified atom stereocenters. The van der Waals surface area contributed by atoms with Crippen molar-refractivity contribution < 1.29 is 19.5 Å². The number of hydrogen-bond donors (Lipinski definition) is 3. The van der Waals surface area contributed by atoms with Crippen LogP contribution >= 0.6 is 11.3 Å². The number of rotatable bonds is 4.